The van der Waals surface area contributed by atoms with Crippen LogP contribution in [0, 0.1) is 6.92 Å². The first-order chi connectivity index (χ1) is 16.0. The molecule has 4 rings (SSSR count). The number of aromatic nitrogens is 1. The molecular weight excluding hydrogens is 440 g/mol. The third kappa shape index (κ3) is 7.27. The van der Waals surface area contributed by atoms with Gasteiger partial charge in [0, 0.05) is 51.0 Å². The van der Waals surface area contributed by atoms with Crippen LogP contribution in [0.2, 0.25) is 5.02 Å². The van der Waals surface area contributed by atoms with Gasteiger partial charge in [0.2, 0.25) is 0 Å². The highest BCUT2D eigenvalue weighted by molar-refractivity contribution is 6.33. The first-order valence-corrected chi connectivity index (χ1v) is 11.9. The number of ether oxygens (including phenoxy) is 1. The fourth-order valence-electron chi connectivity index (χ4n) is 4.14. The van der Waals surface area contributed by atoms with Crippen LogP contribution in [-0.4, -0.2) is 47.8 Å². The lowest BCUT2D eigenvalue weighted by Crippen LogP contribution is -2.32. The second-order valence-electron chi connectivity index (χ2n) is 8.67. The number of carbonyl (C=O) groups excluding carboxylic acids is 1. The van der Waals surface area contributed by atoms with Gasteiger partial charge in [-0.25, -0.2) is 15.3 Å². The second-order valence-corrected chi connectivity index (χ2v) is 9.07. The molecule has 2 N–H and O–H groups in total. The number of halogens is 1. The van der Waals surface area contributed by atoms with Gasteiger partial charge in [0.05, 0.1) is 5.02 Å². The molecule has 3 heterocycles. The van der Waals surface area contributed by atoms with Gasteiger partial charge in [-0.1, -0.05) is 41.4 Å². The quantitative estimate of drug-likeness (QED) is 0.442. The SMILES string of the molecule is Cc1cccc(CN2CC[C@@H](Nc3ncc(/C=C/C(=O)NOC4CCCCO4)cc3Cl)C2)c1. The summed E-state index contributed by atoms with van der Waals surface area (Å²) >= 11 is 6.46. The maximum atomic E-state index is 12.0. The number of nitrogens with one attached hydrogen (secondary N) is 2. The van der Waals surface area contributed by atoms with Crippen LogP contribution in [0.15, 0.2) is 42.6 Å². The molecule has 2 aliphatic rings. The van der Waals surface area contributed by atoms with Crippen molar-refractivity contribution in [3.05, 3.63) is 64.3 Å². The molecular formula is C25H31ClN4O3. The van der Waals surface area contributed by atoms with E-state index in [1.165, 1.54) is 17.2 Å². The van der Waals surface area contributed by atoms with E-state index < -0.39 is 0 Å². The number of aryl methyl sites for hydroxylation is 1. The van der Waals surface area contributed by atoms with Crippen molar-refractivity contribution in [3.63, 3.8) is 0 Å². The van der Waals surface area contributed by atoms with Gasteiger partial charge in [-0.3, -0.25) is 9.69 Å². The van der Waals surface area contributed by atoms with Gasteiger partial charge in [0.25, 0.3) is 5.91 Å². The predicted molar refractivity (Wildman–Crippen MR) is 130 cm³/mol. The van der Waals surface area contributed by atoms with Crippen LogP contribution in [0.4, 0.5) is 5.82 Å². The summed E-state index contributed by atoms with van der Waals surface area (Å²) in [6.45, 7) is 5.71. The number of nitrogens with zero attached hydrogens (tertiary/aromatic N) is 2. The summed E-state index contributed by atoms with van der Waals surface area (Å²) in [7, 11) is 0. The molecule has 8 heteroatoms. The van der Waals surface area contributed by atoms with Crippen molar-refractivity contribution >= 4 is 29.4 Å². The Morgan fingerprint density at radius 3 is 3.03 bits per heavy atom. The molecule has 7 nitrogen and oxygen atoms in total. The molecule has 2 saturated heterocycles. The molecule has 0 radical (unpaired) electrons. The lowest BCUT2D eigenvalue weighted by molar-refractivity contribution is -0.198. The fraction of sp³-hybridized carbons (Fsp3) is 0.440. The molecule has 33 heavy (non-hydrogen) atoms. The van der Waals surface area contributed by atoms with E-state index in [-0.39, 0.29) is 12.2 Å². The molecule has 0 saturated carbocycles. The van der Waals surface area contributed by atoms with Crippen molar-refractivity contribution in [1.29, 1.82) is 0 Å². The summed E-state index contributed by atoms with van der Waals surface area (Å²) in [4.78, 5) is 24.2. The molecule has 1 aromatic carbocycles. The number of hydrogen-bond acceptors (Lipinski definition) is 6. The van der Waals surface area contributed by atoms with E-state index in [4.69, 9.17) is 21.2 Å². The van der Waals surface area contributed by atoms with Crippen LogP contribution in [0.5, 0.6) is 0 Å². The highest BCUT2D eigenvalue weighted by Gasteiger charge is 2.23. The van der Waals surface area contributed by atoms with Gasteiger partial charge < -0.3 is 10.1 Å². The summed E-state index contributed by atoms with van der Waals surface area (Å²) < 4.78 is 5.42. The minimum atomic E-state index is -0.374. The van der Waals surface area contributed by atoms with Crippen molar-refractivity contribution in [1.82, 2.24) is 15.4 Å². The zero-order valence-corrected chi connectivity index (χ0v) is 19.7. The number of amides is 1. The largest absolute Gasteiger partial charge is 0.365 e. The summed E-state index contributed by atoms with van der Waals surface area (Å²) in [5.41, 5.74) is 5.76. The molecule has 2 fully saturated rings. The predicted octanol–water partition coefficient (Wildman–Crippen LogP) is 4.32. The maximum Gasteiger partial charge on any atom is 0.267 e. The van der Waals surface area contributed by atoms with Gasteiger partial charge >= 0.3 is 0 Å². The summed E-state index contributed by atoms with van der Waals surface area (Å²) in [6, 6.07) is 10.7. The molecule has 1 aromatic heterocycles. The third-order valence-electron chi connectivity index (χ3n) is 5.82. The van der Waals surface area contributed by atoms with Crippen molar-refractivity contribution in [3.8, 4) is 0 Å². The maximum absolute atomic E-state index is 12.0. The number of benzene rings is 1. The average molecular weight is 471 g/mol. The molecule has 0 spiro atoms. The number of carbonyl (C=O) groups is 1. The Kier molecular flexibility index (Phi) is 8.34. The van der Waals surface area contributed by atoms with E-state index in [0.717, 1.165) is 50.9 Å². The van der Waals surface area contributed by atoms with Crippen LogP contribution in [0.1, 0.15) is 42.4 Å². The first kappa shape index (κ1) is 23.7. The van der Waals surface area contributed by atoms with Crippen LogP contribution < -0.4 is 10.8 Å². The van der Waals surface area contributed by atoms with E-state index in [2.05, 4.69) is 51.9 Å². The smallest absolute Gasteiger partial charge is 0.267 e. The van der Waals surface area contributed by atoms with Crippen molar-refractivity contribution in [2.75, 3.05) is 25.0 Å². The van der Waals surface area contributed by atoms with Crippen LogP contribution >= 0.6 is 11.6 Å². The Hall–Kier alpha value is -2.45. The molecule has 0 aliphatic carbocycles. The summed E-state index contributed by atoms with van der Waals surface area (Å²) in [6.07, 6.45) is 8.25. The number of anilines is 1. The van der Waals surface area contributed by atoms with Gasteiger partial charge in [0.15, 0.2) is 6.29 Å². The fourth-order valence-corrected chi connectivity index (χ4v) is 4.37. The lowest BCUT2D eigenvalue weighted by Gasteiger charge is -2.21. The van der Waals surface area contributed by atoms with E-state index in [9.17, 15) is 4.79 Å². The summed E-state index contributed by atoms with van der Waals surface area (Å²) in [5, 5.41) is 3.99. The van der Waals surface area contributed by atoms with Crippen LogP contribution in [-0.2, 0) is 20.9 Å². The summed E-state index contributed by atoms with van der Waals surface area (Å²) in [5.74, 6) is 0.306. The Morgan fingerprint density at radius 2 is 2.24 bits per heavy atom. The topological polar surface area (TPSA) is 75.7 Å². The minimum Gasteiger partial charge on any atom is -0.365 e. The molecule has 176 valence electrons. The van der Waals surface area contributed by atoms with Crippen LogP contribution in [0.25, 0.3) is 6.08 Å². The molecule has 1 unspecified atom stereocenters. The minimum absolute atomic E-state index is 0.297. The zero-order chi connectivity index (χ0) is 23.0. The molecule has 0 bridgehead atoms. The normalized spacial score (nSPS) is 21.4. The second kappa shape index (κ2) is 11.6. The number of rotatable bonds is 8. The lowest BCUT2D eigenvalue weighted by atomic mass is 10.1. The Bertz CT molecular complexity index is 978. The standard InChI is InChI=1S/C25H31ClN4O3/c1-18-5-4-6-20(13-18)16-30-11-10-21(17-30)28-25-22(26)14-19(15-27-25)8-9-23(31)29-33-24-7-2-3-12-32-24/h4-6,8-9,13-15,21,24H,2-3,7,10-12,16-17H2,1H3,(H,27,28)(H,29,31)/b9-8+/t21-,24?/m1/s1. The van der Waals surface area contributed by atoms with Gasteiger partial charge in [-0.05, 0) is 49.5 Å². The molecule has 1 amide bonds. The first-order valence-electron chi connectivity index (χ1n) is 11.5. The highest BCUT2D eigenvalue weighted by atomic mass is 35.5. The Morgan fingerprint density at radius 1 is 1.33 bits per heavy atom. The van der Waals surface area contributed by atoms with E-state index in [1.54, 1.807) is 18.3 Å². The Labute approximate surface area is 200 Å². The van der Waals surface area contributed by atoms with Gasteiger partial charge in [-0.15, -0.1) is 0 Å². The van der Waals surface area contributed by atoms with Crippen molar-refractivity contribution in [2.24, 2.45) is 0 Å². The van der Waals surface area contributed by atoms with Crippen molar-refractivity contribution in [2.45, 2.75) is 51.5 Å². The van der Waals surface area contributed by atoms with Crippen molar-refractivity contribution < 1.29 is 14.4 Å². The third-order valence-corrected chi connectivity index (χ3v) is 6.11. The van der Waals surface area contributed by atoms with Gasteiger partial charge in [0.1, 0.15) is 5.82 Å². The Balaban J connectivity index is 1.24. The average Bonchev–Trinajstić information content (AvgIpc) is 3.25. The number of likely N-dealkylation sites (tertiary alicyclic amines) is 1. The number of hydrogen-bond donors (Lipinski definition) is 2. The number of pyridine rings is 1. The zero-order valence-electron chi connectivity index (χ0n) is 18.9. The molecule has 2 aromatic rings. The van der Waals surface area contributed by atoms with Gasteiger partial charge in [-0.2, -0.15) is 0 Å². The highest BCUT2D eigenvalue weighted by Crippen LogP contribution is 2.24. The monoisotopic (exact) mass is 470 g/mol. The van der Waals surface area contributed by atoms with E-state index >= 15 is 0 Å². The van der Waals surface area contributed by atoms with E-state index in [0.29, 0.717) is 23.5 Å². The molecule has 2 atom stereocenters. The van der Waals surface area contributed by atoms with E-state index in [1.807, 2.05) is 0 Å². The molecule has 2 aliphatic heterocycles. The number of hydroxylamine groups is 1. The van der Waals surface area contributed by atoms with Crippen LogP contribution in [0.3, 0.4) is 0 Å².